The molecule has 2 aromatic rings. The lowest BCUT2D eigenvalue weighted by atomic mass is 10.0. The standard InChI is InChI=1S/C24H28N2O3/c1-15(2)29-14-13-26-23(27)21(19-11-9-16(3)10-12-19)22(24(26)28)25-20-8-6-7-17(4)18(20)5/h6-12,15,25H,13-14H2,1-5H3. The van der Waals surface area contributed by atoms with Gasteiger partial charge in [-0.1, -0.05) is 42.0 Å². The third kappa shape index (κ3) is 4.40. The Kier molecular flexibility index (Phi) is 6.18. The number of nitrogens with one attached hydrogen (secondary N) is 1. The van der Waals surface area contributed by atoms with Crippen LogP contribution < -0.4 is 5.32 Å². The number of ether oxygens (including phenoxy) is 1. The molecule has 1 aliphatic rings. The lowest BCUT2D eigenvalue weighted by molar-refractivity contribution is -0.137. The lowest BCUT2D eigenvalue weighted by Gasteiger charge is -2.17. The third-order valence-electron chi connectivity index (χ3n) is 5.14. The van der Waals surface area contributed by atoms with E-state index in [0.29, 0.717) is 17.9 Å². The number of carbonyl (C=O) groups excluding carboxylic acids is 2. The van der Waals surface area contributed by atoms with Gasteiger partial charge in [-0.05, 0) is 57.4 Å². The van der Waals surface area contributed by atoms with Crippen LogP contribution in [0.5, 0.6) is 0 Å². The van der Waals surface area contributed by atoms with Gasteiger partial charge in [0.15, 0.2) is 0 Å². The molecule has 0 aromatic heterocycles. The Balaban J connectivity index is 1.99. The molecule has 3 rings (SSSR count). The summed E-state index contributed by atoms with van der Waals surface area (Å²) >= 11 is 0. The highest BCUT2D eigenvalue weighted by atomic mass is 16.5. The maximum absolute atomic E-state index is 13.2. The number of benzene rings is 2. The molecule has 0 aliphatic carbocycles. The summed E-state index contributed by atoms with van der Waals surface area (Å²) < 4.78 is 5.56. The van der Waals surface area contributed by atoms with Crippen LogP contribution in [-0.4, -0.2) is 36.0 Å². The zero-order valence-electron chi connectivity index (χ0n) is 17.7. The van der Waals surface area contributed by atoms with E-state index in [4.69, 9.17) is 4.74 Å². The Bertz CT molecular complexity index is 959. The largest absolute Gasteiger partial charge is 0.377 e. The number of anilines is 1. The average molecular weight is 392 g/mol. The second-order valence-corrected chi connectivity index (χ2v) is 7.67. The molecule has 152 valence electrons. The zero-order chi connectivity index (χ0) is 21.1. The number of rotatable bonds is 7. The fourth-order valence-corrected chi connectivity index (χ4v) is 3.28. The second kappa shape index (κ2) is 8.62. The summed E-state index contributed by atoms with van der Waals surface area (Å²) in [5, 5.41) is 3.25. The van der Waals surface area contributed by atoms with E-state index < -0.39 is 0 Å². The van der Waals surface area contributed by atoms with E-state index in [0.717, 1.165) is 27.9 Å². The highest BCUT2D eigenvalue weighted by Gasteiger charge is 2.39. The molecule has 0 radical (unpaired) electrons. The minimum Gasteiger partial charge on any atom is -0.377 e. The van der Waals surface area contributed by atoms with Crippen LogP contribution in [-0.2, 0) is 14.3 Å². The maximum Gasteiger partial charge on any atom is 0.278 e. The normalized spacial score (nSPS) is 14.3. The van der Waals surface area contributed by atoms with Gasteiger partial charge < -0.3 is 10.1 Å². The predicted octanol–water partition coefficient (Wildman–Crippen LogP) is 4.23. The fraction of sp³-hybridized carbons (Fsp3) is 0.333. The number of aryl methyl sites for hydroxylation is 2. The quantitative estimate of drug-likeness (QED) is 0.717. The van der Waals surface area contributed by atoms with E-state index in [1.807, 2.05) is 77.1 Å². The first-order valence-corrected chi connectivity index (χ1v) is 9.92. The Hall–Kier alpha value is -2.92. The zero-order valence-corrected chi connectivity index (χ0v) is 17.7. The molecule has 2 aromatic carbocycles. The monoisotopic (exact) mass is 392 g/mol. The molecule has 2 amide bonds. The van der Waals surface area contributed by atoms with Crippen molar-refractivity contribution in [3.63, 3.8) is 0 Å². The van der Waals surface area contributed by atoms with Gasteiger partial charge in [0.25, 0.3) is 11.8 Å². The average Bonchev–Trinajstić information content (AvgIpc) is 2.90. The highest BCUT2D eigenvalue weighted by molar-refractivity contribution is 6.36. The van der Waals surface area contributed by atoms with E-state index in [9.17, 15) is 9.59 Å². The van der Waals surface area contributed by atoms with Crippen molar-refractivity contribution >= 4 is 23.1 Å². The van der Waals surface area contributed by atoms with Crippen LogP contribution in [0.2, 0.25) is 0 Å². The van der Waals surface area contributed by atoms with Crippen LogP contribution in [0.1, 0.15) is 36.1 Å². The first kappa shape index (κ1) is 20.8. The molecule has 5 heteroatoms. The number of carbonyl (C=O) groups is 2. The van der Waals surface area contributed by atoms with Gasteiger partial charge in [-0.25, -0.2) is 0 Å². The lowest BCUT2D eigenvalue weighted by Crippen LogP contribution is -2.35. The second-order valence-electron chi connectivity index (χ2n) is 7.67. The Morgan fingerprint density at radius 3 is 2.31 bits per heavy atom. The molecule has 0 fully saturated rings. The minimum atomic E-state index is -0.321. The number of hydrogen-bond acceptors (Lipinski definition) is 4. The van der Waals surface area contributed by atoms with Crippen molar-refractivity contribution in [2.24, 2.45) is 0 Å². The van der Waals surface area contributed by atoms with Crippen LogP contribution >= 0.6 is 0 Å². The van der Waals surface area contributed by atoms with Crippen molar-refractivity contribution in [2.75, 3.05) is 18.5 Å². The van der Waals surface area contributed by atoms with E-state index in [1.165, 1.54) is 4.90 Å². The number of amides is 2. The van der Waals surface area contributed by atoms with Gasteiger partial charge in [-0.3, -0.25) is 14.5 Å². The van der Waals surface area contributed by atoms with Crippen LogP contribution in [0.25, 0.3) is 5.57 Å². The number of imide groups is 1. The van der Waals surface area contributed by atoms with Crippen LogP contribution in [0.4, 0.5) is 5.69 Å². The van der Waals surface area contributed by atoms with Crippen LogP contribution in [0.3, 0.4) is 0 Å². The summed E-state index contributed by atoms with van der Waals surface area (Å²) in [4.78, 5) is 27.6. The van der Waals surface area contributed by atoms with Crippen molar-refractivity contribution in [1.29, 1.82) is 0 Å². The smallest absolute Gasteiger partial charge is 0.278 e. The first-order valence-electron chi connectivity index (χ1n) is 9.92. The molecule has 0 atom stereocenters. The molecular formula is C24H28N2O3. The molecule has 0 spiro atoms. The van der Waals surface area contributed by atoms with E-state index in [2.05, 4.69) is 5.32 Å². The Morgan fingerprint density at radius 1 is 0.966 bits per heavy atom. The fourth-order valence-electron chi connectivity index (χ4n) is 3.28. The number of nitrogens with zero attached hydrogens (tertiary/aromatic N) is 1. The van der Waals surface area contributed by atoms with Crippen molar-refractivity contribution in [3.8, 4) is 0 Å². The summed E-state index contributed by atoms with van der Waals surface area (Å²) in [5.41, 5.74) is 5.53. The summed E-state index contributed by atoms with van der Waals surface area (Å²) in [7, 11) is 0. The maximum atomic E-state index is 13.2. The molecule has 5 nitrogen and oxygen atoms in total. The van der Waals surface area contributed by atoms with Gasteiger partial charge in [0, 0.05) is 5.69 Å². The summed E-state index contributed by atoms with van der Waals surface area (Å²) in [6.07, 6.45) is 0.0416. The molecule has 1 aliphatic heterocycles. The van der Waals surface area contributed by atoms with Crippen molar-refractivity contribution in [2.45, 2.75) is 40.7 Å². The first-order chi connectivity index (χ1) is 13.8. The molecule has 1 N–H and O–H groups in total. The van der Waals surface area contributed by atoms with Crippen molar-refractivity contribution in [1.82, 2.24) is 4.90 Å². The molecule has 1 heterocycles. The minimum absolute atomic E-state index is 0.0416. The summed E-state index contributed by atoms with van der Waals surface area (Å²) in [6, 6.07) is 13.5. The molecular weight excluding hydrogens is 364 g/mol. The predicted molar refractivity (Wildman–Crippen MR) is 115 cm³/mol. The molecule has 0 bridgehead atoms. The van der Waals surface area contributed by atoms with Gasteiger partial charge >= 0.3 is 0 Å². The van der Waals surface area contributed by atoms with E-state index in [-0.39, 0.29) is 24.5 Å². The van der Waals surface area contributed by atoms with E-state index in [1.54, 1.807) is 0 Å². The SMILES string of the molecule is Cc1ccc(C2=C(Nc3cccc(C)c3C)C(=O)N(CCOC(C)C)C2=O)cc1. The van der Waals surface area contributed by atoms with E-state index >= 15 is 0 Å². The number of hydrogen-bond donors (Lipinski definition) is 1. The van der Waals surface area contributed by atoms with Crippen LogP contribution in [0, 0.1) is 20.8 Å². The molecule has 0 saturated heterocycles. The van der Waals surface area contributed by atoms with Gasteiger partial charge in [-0.15, -0.1) is 0 Å². The Morgan fingerprint density at radius 2 is 1.66 bits per heavy atom. The van der Waals surface area contributed by atoms with Gasteiger partial charge in [-0.2, -0.15) is 0 Å². The van der Waals surface area contributed by atoms with Gasteiger partial charge in [0.2, 0.25) is 0 Å². The van der Waals surface area contributed by atoms with Gasteiger partial charge in [0.05, 0.1) is 24.8 Å². The van der Waals surface area contributed by atoms with Gasteiger partial charge in [0.1, 0.15) is 5.70 Å². The third-order valence-corrected chi connectivity index (χ3v) is 5.14. The van der Waals surface area contributed by atoms with Crippen molar-refractivity contribution in [3.05, 3.63) is 70.4 Å². The summed E-state index contributed by atoms with van der Waals surface area (Å²) in [6.45, 7) is 10.4. The molecule has 29 heavy (non-hydrogen) atoms. The Labute approximate surface area is 172 Å². The highest BCUT2D eigenvalue weighted by Crippen LogP contribution is 2.31. The molecule has 0 unspecified atom stereocenters. The molecule has 0 saturated carbocycles. The summed E-state index contributed by atoms with van der Waals surface area (Å²) in [5.74, 6) is -0.613. The van der Waals surface area contributed by atoms with Crippen LogP contribution in [0.15, 0.2) is 48.2 Å². The van der Waals surface area contributed by atoms with Crippen molar-refractivity contribution < 1.29 is 14.3 Å². The topological polar surface area (TPSA) is 58.6 Å².